The van der Waals surface area contributed by atoms with Crippen molar-refractivity contribution in [3.05, 3.63) is 17.0 Å². The molecular formula is C13H20ClN3O2. The lowest BCUT2D eigenvalue weighted by molar-refractivity contribution is -0.143. The Balaban J connectivity index is 2.43. The molecular weight excluding hydrogens is 266 g/mol. The summed E-state index contributed by atoms with van der Waals surface area (Å²) in [5, 5.41) is 3.56. The minimum atomic E-state index is -0.173. The maximum Gasteiger partial charge on any atom is 0.305 e. The molecule has 0 fully saturated rings. The van der Waals surface area contributed by atoms with E-state index in [0.717, 1.165) is 0 Å². The molecule has 0 aliphatic carbocycles. The molecule has 0 aliphatic rings. The van der Waals surface area contributed by atoms with Crippen molar-refractivity contribution < 1.29 is 9.53 Å². The van der Waals surface area contributed by atoms with E-state index in [1.165, 1.54) is 0 Å². The SMILES string of the molecule is CCOC(=O)CCCNc1cc(Cl)nc(C(C)C)n1. The Kier molecular flexibility index (Phi) is 6.56. The number of halogens is 1. The average molecular weight is 286 g/mol. The molecule has 5 nitrogen and oxygen atoms in total. The molecule has 0 unspecified atom stereocenters. The van der Waals surface area contributed by atoms with E-state index in [4.69, 9.17) is 16.3 Å². The van der Waals surface area contributed by atoms with Crippen LogP contribution in [-0.2, 0) is 9.53 Å². The van der Waals surface area contributed by atoms with Gasteiger partial charge in [-0.1, -0.05) is 25.4 Å². The Labute approximate surface area is 118 Å². The molecule has 0 spiro atoms. The second kappa shape index (κ2) is 7.94. The highest BCUT2D eigenvalue weighted by Crippen LogP contribution is 2.16. The lowest BCUT2D eigenvalue weighted by Crippen LogP contribution is -2.10. The summed E-state index contributed by atoms with van der Waals surface area (Å²) in [4.78, 5) is 19.7. The fourth-order valence-electron chi connectivity index (χ4n) is 1.47. The number of ether oxygens (including phenoxy) is 1. The lowest BCUT2D eigenvalue weighted by Gasteiger charge is -2.09. The molecule has 0 aromatic carbocycles. The summed E-state index contributed by atoms with van der Waals surface area (Å²) < 4.78 is 4.85. The van der Waals surface area contributed by atoms with Gasteiger partial charge in [0.2, 0.25) is 0 Å². The normalized spacial score (nSPS) is 10.6. The van der Waals surface area contributed by atoms with Crippen LogP contribution < -0.4 is 5.32 Å². The maximum atomic E-state index is 11.2. The summed E-state index contributed by atoms with van der Waals surface area (Å²) in [7, 11) is 0. The average Bonchev–Trinajstić information content (AvgIpc) is 2.34. The molecule has 0 saturated heterocycles. The highest BCUT2D eigenvalue weighted by molar-refractivity contribution is 6.29. The maximum absolute atomic E-state index is 11.2. The molecule has 1 N–H and O–H groups in total. The molecule has 6 heteroatoms. The van der Waals surface area contributed by atoms with Gasteiger partial charge in [0, 0.05) is 24.9 Å². The summed E-state index contributed by atoms with van der Waals surface area (Å²) in [5.41, 5.74) is 0. The number of esters is 1. The molecule has 106 valence electrons. The highest BCUT2D eigenvalue weighted by atomic mass is 35.5. The van der Waals surface area contributed by atoms with Gasteiger partial charge in [-0.25, -0.2) is 9.97 Å². The number of nitrogens with one attached hydrogen (secondary N) is 1. The van der Waals surface area contributed by atoms with E-state index in [1.807, 2.05) is 13.8 Å². The minimum absolute atomic E-state index is 0.173. The van der Waals surface area contributed by atoms with Crippen LogP contribution in [0, 0.1) is 0 Å². The first kappa shape index (κ1) is 15.7. The second-order valence-corrected chi connectivity index (χ2v) is 4.81. The van der Waals surface area contributed by atoms with Gasteiger partial charge in [0.05, 0.1) is 6.61 Å². The third-order valence-electron chi connectivity index (χ3n) is 2.40. The zero-order chi connectivity index (χ0) is 14.3. The number of hydrogen-bond acceptors (Lipinski definition) is 5. The molecule has 0 radical (unpaired) electrons. The number of aromatic nitrogens is 2. The van der Waals surface area contributed by atoms with Gasteiger partial charge in [-0.15, -0.1) is 0 Å². The number of rotatable bonds is 7. The van der Waals surface area contributed by atoms with Crippen LogP contribution >= 0.6 is 11.6 Å². The van der Waals surface area contributed by atoms with Gasteiger partial charge >= 0.3 is 5.97 Å². The molecule has 0 saturated carbocycles. The molecule has 0 amide bonds. The van der Waals surface area contributed by atoms with E-state index in [0.29, 0.717) is 42.8 Å². The third-order valence-corrected chi connectivity index (χ3v) is 2.59. The van der Waals surface area contributed by atoms with Crippen LogP contribution in [0.4, 0.5) is 5.82 Å². The van der Waals surface area contributed by atoms with E-state index < -0.39 is 0 Å². The van der Waals surface area contributed by atoms with Gasteiger partial charge in [0.15, 0.2) is 0 Å². The van der Waals surface area contributed by atoms with Crippen LogP contribution in [-0.4, -0.2) is 29.1 Å². The van der Waals surface area contributed by atoms with Crippen LogP contribution in [0.15, 0.2) is 6.07 Å². The van der Waals surface area contributed by atoms with Crippen molar-refractivity contribution in [2.24, 2.45) is 0 Å². The minimum Gasteiger partial charge on any atom is -0.466 e. The number of hydrogen-bond donors (Lipinski definition) is 1. The van der Waals surface area contributed by atoms with Gasteiger partial charge in [-0.2, -0.15) is 0 Å². The summed E-state index contributed by atoms with van der Waals surface area (Å²) in [6.07, 6.45) is 1.09. The van der Waals surface area contributed by atoms with E-state index in [-0.39, 0.29) is 11.9 Å². The van der Waals surface area contributed by atoms with E-state index in [2.05, 4.69) is 15.3 Å². The summed E-state index contributed by atoms with van der Waals surface area (Å²) in [6, 6.07) is 1.68. The van der Waals surface area contributed by atoms with Crippen LogP contribution in [0.1, 0.15) is 45.4 Å². The Morgan fingerprint density at radius 3 is 2.84 bits per heavy atom. The number of anilines is 1. The molecule has 0 aliphatic heterocycles. The van der Waals surface area contributed by atoms with Crippen molar-refractivity contribution in [3.63, 3.8) is 0 Å². The monoisotopic (exact) mass is 285 g/mol. The van der Waals surface area contributed by atoms with Gasteiger partial charge in [0.25, 0.3) is 0 Å². The summed E-state index contributed by atoms with van der Waals surface area (Å²) in [6.45, 7) is 6.88. The fourth-order valence-corrected chi connectivity index (χ4v) is 1.66. The third kappa shape index (κ3) is 5.87. The molecule has 0 atom stereocenters. The smallest absolute Gasteiger partial charge is 0.305 e. The molecule has 0 bridgehead atoms. The number of carbonyl (C=O) groups excluding carboxylic acids is 1. The molecule has 1 aromatic heterocycles. The molecule has 1 heterocycles. The molecule has 19 heavy (non-hydrogen) atoms. The Morgan fingerprint density at radius 1 is 1.47 bits per heavy atom. The fraction of sp³-hybridized carbons (Fsp3) is 0.615. The standard InChI is InChI=1S/C13H20ClN3O2/c1-4-19-12(18)6-5-7-15-11-8-10(14)16-13(17-11)9(2)3/h8-9H,4-7H2,1-3H3,(H,15,16,17). The topological polar surface area (TPSA) is 64.1 Å². The van der Waals surface area contributed by atoms with Crippen LogP contribution in [0.25, 0.3) is 0 Å². The quantitative estimate of drug-likeness (QED) is 0.474. The van der Waals surface area contributed by atoms with Crippen molar-refractivity contribution in [1.29, 1.82) is 0 Å². The second-order valence-electron chi connectivity index (χ2n) is 4.42. The first-order valence-electron chi connectivity index (χ1n) is 6.47. The van der Waals surface area contributed by atoms with E-state index >= 15 is 0 Å². The van der Waals surface area contributed by atoms with Crippen molar-refractivity contribution in [2.75, 3.05) is 18.5 Å². The summed E-state index contributed by atoms with van der Waals surface area (Å²) >= 11 is 5.93. The Bertz CT molecular complexity index is 424. The number of nitrogens with zero attached hydrogens (tertiary/aromatic N) is 2. The van der Waals surface area contributed by atoms with Crippen LogP contribution in [0.5, 0.6) is 0 Å². The lowest BCUT2D eigenvalue weighted by atomic mass is 10.2. The predicted molar refractivity (Wildman–Crippen MR) is 75.5 cm³/mol. The Hall–Kier alpha value is -1.36. The first-order chi connectivity index (χ1) is 9.02. The van der Waals surface area contributed by atoms with Crippen LogP contribution in [0.3, 0.4) is 0 Å². The van der Waals surface area contributed by atoms with Gasteiger partial charge in [0.1, 0.15) is 16.8 Å². The van der Waals surface area contributed by atoms with Crippen LogP contribution in [0.2, 0.25) is 5.15 Å². The number of carbonyl (C=O) groups is 1. The molecule has 1 rings (SSSR count). The zero-order valence-corrected chi connectivity index (χ0v) is 12.3. The Morgan fingerprint density at radius 2 is 2.21 bits per heavy atom. The van der Waals surface area contributed by atoms with E-state index in [1.54, 1.807) is 13.0 Å². The summed E-state index contributed by atoms with van der Waals surface area (Å²) in [5.74, 6) is 1.44. The van der Waals surface area contributed by atoms with Crippen molar-refractivity contribution in [2.45, 2.75) is 39.5 Å². The van der Waals surface area contributed by atoms with Crippen molar-refractivity contribution in [1.82, 2.24) is 9.97 Å². The predicted octanol–water partition coefficient (Wildman–Crippen LogP) is 3.01. The largest absolute Gasteiger partial charge is 0.466 e. The van der Waals surface area contributed by atoms with Gasteiger partial charge < -0.3 is 10.1 Å². The van der Waals surface area contributed by atoms with Gasteiger partial charge in [-0.05, 0) is 13.3 Å². The zero-order valence-electron chi connectivity index (χ0n) is 11.6. The van der Waals surface area contributed by atoms with Crippen molar-refractivity contribution >= 4 is 23.4 Å². The van der Waals surface area contributed by atoms with Gasteiger partial charge in [-0.3, -0.25) is 4.79 Å². The molecule has 1 aromatic rings. The van der Waals surface area contributed by atoms with E-state index in [9.17, 15) is 4.79 Å². The van der Waals surface area contributed by atoms with Crippen molar-refractivity contribution in [3.8, 4) is 0 Å². The first-order valence-corrected chi connectivity index (χ1v) is 6.84. The highest BCUT2D eigenvalue weighted by Gasteiger charge is 2.07.